The molecule has 4 N–H and O–H groups in total. The lowest BCUT2D eigenvalue weighted by atomic mass is 9.87. The molecule has 6 nitrogen and oxygen atoms in total. The number of nitrogens with one attached hydrogen (secondary N) is 2. The minimum absolute atomic E-state index is 0.118. The van der Waals surface area contributed by atoms with Gasteiger partial charge in [0.1, 0.15) is 0 Å². The van der Waals surface area contributed by atoms with Crippen LogP contribution in [0.3, 0.4) is 0 Å². The molecule has 18 heavy (non-hydrogen) atoms. The molecule has 2 rings (SSSR count). The smallest absolute Gasteiger partial charge is 0.206 e. The molecule has 1 fully saturated rings. The van der Waals surface area contributed by atoms with E-state index in [1.807, 2.05) is 0 Å². The average molecular weight is 253 g/mol. The second kappa shape index (κ2) is 5.62. The minimum atomic E-state index is -0.991. The highest BCUT2D eigenvalue weighted by molar-refractivity contribution is 5.54. The van der Waals surface area contributed by atoms with Crippen molar-refractivity contribution in [2.45, 2.75) is 25.7 Å². The van der Waals surface area contributed by atoms with Gasteiger partial charge in [0, 0.05) is 24.2 Å². The van der Waals surface area contributed by atoms with Crippen LogP contribution in [0.4, 0.5) is 11.5 Å². The quantitative estimate of drug-likeness (QED) is 0.572. The topological polar surface area (TPSA) is 92.9 Å². The molecule has 0 amide bonds. The highest BCUT2D eigenvalue weighted by Gasteiger charge is 2.33. The second-order valence-electron chi connectivity index (χ2n) is 4.92. The van der Waals surface area contributed by atoms with E-state index >= 15 is 0 Å². The summed E-state index contributed by atoms with van der Waals surface area (Å²) in [7, 11) is 0. The van der Waals surface area contributed by atoms with Gasteiger partial charge in [-0.3, -0.25) is 0 Å². The monoisotopic (exact) mass is 253 g/mol. The lowest BCUT2D eigenvalue weighted by Gasteiger charge is -2.27. The summed E-state index contributed by atoms with van der Waals surface area (Å²) in [6, 6.07) is 3.13. The van der Waals surface area contributed by atoms with E-state index in [1.165, 1.54) is 6.07 Å². The Morgan fingerprint density at radius 1 is 1.44 bits per heavy atom. The Kier molecular flexibility index (Phi) is 4.13. The standard InChI is InChI=1S/C12H19N3O3/c16-9-12(5-1-2-6-12)8-14-11-10(15(17)18)4-3-7-13-11/h3-4,7,15-17H,1-2,5-6,8-9H2,(H,13,14). The molecule has 1 aliphatic rings. The maximum atomic E-state index is 11.0. The molecule has 1 aromatic rings. The molecule has 6 heteroatoms. The van der Waals surface area contributed by atoms with Crippen LogP contribution < -0.4 is 10.5 Å². The third kappa shape index (κ3) is 2.78. The maximum absolute atomic E-state index is 11.0. The summed E-state index contributed by atoms with van der Waals surface area (Å²) in [4.78, 5) is 4.05. The van der Waals surface area contributed by atoms with Crippen LogP contribution in [-0.4, -0.2) is 28.4 Å². The zero-order chi connectivity index (χ0) is 13.0. The molecular formula is C12H19N3O3. The fourth-order valence-electron chi connectivity index (χ4n) is 2.51. The summed E-state index contributed by atoms with van der Waals surface area (Å²) in [5.41, 5.74) is 0.0522. The number of anilines is 1. The summed E-state index contributed by atoms with van der Waals surface area (Å²) in [6.45, 7) is 0.704. The van der Waals surface area contributed by atoms with Crippen LogP contribution in [0.5, 0.6) is 0 Å². The first-order chi connectivity index (χ1) is 8.67. The van der Waals surface area contributed by atoms with Crippen molar-refractivity contribution >= 4 is 11.5 Å². The third-order valence-corrected chi connectivity index (χ3v) is 3.67. The molecule has 1 unspecified atom stereocenters. The van der Waals surface area contributed by atoms with Crippen molar-refractivity contribution in [2.24, 2.45) is 5.41 Å². The zero-order valence-corrected chi connectivity index (χ0v) is 10.2. The van der Waals surface area contributed by atoms with Gasteiger partial charge in [-0.05, 0) is 18.9 Å². The first kappa shape index (κ1) is 13.2. The van der Waals surface area contributed by atoms with E-state index in [0.717, 1.165) is 25.7 Å². The van der Waals surface area contributed by atoms with E-state index in [-0.39, 0.29) is 17.7 Å². The van der Waals surface area contributed by atoms with Crippen LogP contribution in [0, 0.1) is 10.6 Å². The normalized spacial score (nSPS) is 19.7. The molecule has 0 radical (unpaired) electrons. The number of aromatic nitrogens is 1. The average Bonchev–Trinajstić information content (AvgIpc) is 2.86. The molecule has 1 heterocycles. The third-order valence-electron chi connectivity index (χ3n) is 3.67. The Morgan fingerprint density at radius 3 is 2.78 bits per heavy atom. The molecule has 1 saturated carbocycles. The lowest BCUT2D eigenvalue weighted by molar-refractivity contribution is -0.991. The van der Waals surface area contributed by atoms with Gasteiger partial charge in [-0.15, -0.1) is 0 Å². The van der Waals surface area contributed by atoms with Crippen LogP contribution in [0.1, 0.15) is 25.7 Å². The molecule has 0 bridgehead atoms. The van der Waals surface area contributed by atoms with Crippen LogP contribution in [0.2, 0.25) is 0 Å². The van der Waals surface area contributed by atoms with Crippen molar-refractivity contribution in [3.05, 3.63) is 23.5 Å². The molecule has 0 saturated heterocycles. The molecule has 0 aliphatic heterocycles. The van der Waals surface area contributed by atoms with Crippen molar-refractivity contribution in [1.82, 2.24) is 4.98 Å². The van der Waals surface area contributed by atoms with Gasteiger partial charge in [0.25, 0.3) is 0 Å². The van der Waals surface area contributed by atoms with Gasteiger partial charge < -0.3 is 15.6 Å². The lowest BCUT2D eigenvalue weighted by Crippen LogP contribution is -2.99. The van der Waals surface area contributed by atoms with Gasteiger partial charge >= 0.3 is 0 Å². The summed E-state index contributed by atoms with van der Waals surface area (Å²) in [6.07, 6.45) is 5.76. The number of hydrogen-bond acceptors (Lipinski definition) is 5. The Hall–Kier alpha value is -1.21. The number of quaternary nitrogens is 1. The first-order valence-electron chi connectivity index (χ1n) is 6.20. The van der Waals surface area contributed by atoms with E-state index in [2.05, 4.69) is 10.3 Å². The number of nitrogens with zero attached hydrogens (tertiary/aromatic N) is 1. The largest absolute Gasteiger partial charge is 0.595 e. The van der Waals surface area contributed by atoms with E-state index in [1.54, 1.807) is 12.3 Å². The number of hydrogen-bond donors (Lipinski definition) is 4. The summed E-state index contributed by atoms with van der Waals surface area (Å²) >= 11 is 0. The van der Waals surface area contributed by atoms with Gasteiger partial charge in [-0.25, -0.2) is 10.2 Å². The first-order valence-corrected chi connectivity index (χ1v) is 6.20. The Bertz CT molecular complexity index is 392. The van der Waals surface area contributed by atoms with E-state index in [4.69, 9.17) is 5.21 Å². The van der Waals surface area contributed by atoms with Crippen molar-refractivity contribution in [3.63, 3.8) is 0 Å². The summed E-state index contributed by atoms with van der Waals surface area (Å²) in [5.74, 6) is 0.379. The molecule has 100 valence electrons. The Balaban J connectivity index is 2.05. The fraction of sp³-hybridized carbons (Fsp3) is 0.583. The van der Waals surface area contributed by atoms with Crippen LogP contribution in [0.15, 0.2) is 18.3 Å². The minimum Gasteiger partial charge on any atom is -0.595 e. The van der Waals surface area contributed by atoms with Crippen molar-refractivity contribution in [1.29, 1.82) is 0 Å². The highest BCUT2D eigenvalue weighted by atomic mass is 16.8. The second-order valence-corrected chi connectivity index (χ2v) is 4.92. The highest BCUT2D eigenvalue weighted by Crippen LogP contribution is 2.37. The number of pyridine rings is 1. The SMILES string of the molecule is [O-][NH+](O)c1cccnc1NCC1(CO)CCCC1. The molecular weight excluding hydrogens is 234 g/mol. The van der Waals surface area contributed by atoms with Gasteiger partial charge in [-0.1, -0.05) is 12.8 Å². The Morgan fingerprint density at radius 2 is 2.17 bits per heavy atom. The van der Waals surface area contributed by atoms with Crippen molar-refractivity contribution in [2.75, 3.05) is 18.5 Å². The van der Waals surface area contributed by atoms with Crippen molar-refractivity contribution < 1.29 is 15.5 Å². The van der Waals surface area contributed by atoms with Crippen LogP contribution in [0.25, 0.3) is 0 Å². The summed E-state index contributed by atoms with van der Waals surface area (Å²) < 4.78 is 0. The van der Waals surface area contributed by atoms with Gasteiger partial charge in [0.15, 0.2) is 5.82 Å². The Labute approximate surface area is 106 Å². The predicted molar refractivity (Wildman–Crippen MR) is 66.5 cm³/mol. The van der Waals surface area contributed by atoms with Gasteiger partial charge in [0.05, 0.1) is 6.61 Å². The zero-order valence-electron chi connectivity index (χ0n) is 10.2. The maximum Gasteiger partial charge on any atom is 0.206 e. The summed E-state index contributed by atoms with van der Waals surface area (Å²) in [5, 5.41) is 31.7. The number of aliphatic hydroxyl groups excluding tert-OH is 1. The fourth-order valence-corrected chi connectivity index (χ4v) is 2.51. The molecule has 1 aromatic heterocycles. The van der Waals surface area contributed by atoms with Crippen LogP contribution >= 0.6 is 0 Å². The van der Waals surface area contributed by atoms with E-state index in [9.17, 15) is 10.3 Å². The molecule has 0 aromatic carbocycles. The number of rotatable bonds is 5. The van der Waals surface area contributed by atoms with E-state index < -0.39 is 5.23 Å². The van der Waals surface area contributed by atoms with E-state index in [0.29, 0.717) is 12.4 Å². The predicted octanol–water partition coefficient (Wildman–Crippen LogP) is 0.450. The van der Waals surface area contributed by atoms with Gasteiger partial charge in [-0.2, -0.15) is 5.23 Å². The van der Waals surface area contributed by atoms with Gasteiger partial charge in [0.2, 0.25) is 5.69 Å². The molecule has 0 spiro atoms. The van der Waals surface area contributed by atoms with Crippen LogP contribution in [-0.2, 0) is 0 Å². The number of aliphatic hydroxyl groups is 1. The molecule has 1 aliphatic carbocycles. The molecule has 1 atom stereocenters. The van der Waals surface area contributed by atoms with Crippen molar-refractivity contribution in [3.8, 4) is 0 Å².